The summed E-state index contributed by atoms with van der Waals surface area (Å²) in [6.07, 6.45) is 2.26. The fraction of sp³-hybridized carbons (Fsp3) is 0.700. The average molecular weight is 244 g/mol. The molecule has 1 N–H and O–H groups in total. The number of hydrogen-bond donors (Lipinski definition) is 1. The van der Waals surface area contributed by atoms with Gasteiger partial charge in [-0.3, -0.25) is 19.7 Å². The smallest absolute Gasteiger partial charge is 0.252 e. The first-order valence-electron chi connectivity index (χ1n) is 5.03. The molecule has 1 heterocycles. The molecule has 0 aromatic carbocycles. The van der Waals surface area contributed by atoms with E-state index in [2.05, 4.69) is 5.32 Å². The molecule has 0 spiro atoms. The summed E-state index contributed by atoms with van der Waals surface area (Å²) >= 11 is 1.56. The Morgan fingerprint density at radius 1 is 1.50 bits per heavy atom. The van der Waals surface area contributed by atoms with Crippen molar-refractivity contribution in [2.24, 2.45) is 0 Å². The zero-order valence-electron chi connectivity index (χ0n) is 9.70. The van der Waals surface area contributed by atoms with E-state index >= 15 is 0 Å². The van der Waals surface area contributed by atoms with Gasteiger partial charge in [-0.1, -0.05) is 0 Å². The zero-order valence-corrected chi connectivity index (χ0v) is 10.5. The number of hydrogen-bond acceptors (Lipinski definition) is 4. The molecular weight excluding hydrogens is 228 g/mol. The number of imide groups is 1. The Labute approximate surface area is 98.9 Å². The van der Waals surface area contributed by atoms with Crippen molar-refractivity contribution in [3.63, 3.8) is 0 Å². The van der Waals surface area contributed by atoms with Crippen LogP contribution in [0.2, 0.25) is 0 Å². The molecule has 1 rings (SSSR count). The van der Waals surface area contributed by atoms with Crippen molar-refractivity contribution in [1.29, 1.82) is 0 Å². The van der Waals surface area contributed by atoms with Crippen LogP contribution in [0, 0.1) is 0 Å². The second-order valence-corrected chi connectivity index (χ2v) is 5.14. The lowest BCUT2D eigenvalue weighted by Gasteiger charge is -2.40. The number of thioether (sulfide) groups is 1. The third kappa shape index (κ3) is 2.55. The predicted octanol–water partition coefficient (Wildman–Crippen LogP) is 0.00310. The van der Waals surface area contributed by atoms with Crippen LogP contribution >= 0.6 is 11.8 Å². The summed E-state index contributed by atoms with van der Waals surface area (Å²) in [5, 5.41) is 2.23. The molecule has 1 fully saturated rings. The Morgan fingerprint density at radius 3 is 2.69 bits per heavy atom. The van der Waals surface area contributed by atoms with Gasteiger partial charge in [-0.2, -0.15) is 11.8 Å². The lowest BCUT2D eigenvalue weighted by atomic mass is 9.98. The average Bonchev–Trinajstić information content (AvgIpc) is 2.20. The Hall–Kier alpha value is -1.04. The van der Waals surface area contributed by atoms with E-state index in [1.165, 1.54) is 4.90 Å². The van der Waals surface area contributed by atoms with Crippen molar-refractivity contribution in [3.05, 3.63) is 0 Å². The second kappa shape index (κ2) is 4.86. The van der Waals surface area contributed by atoms with Gasteiger partial charge in [-0.05, 0) is 20.1 Å². The van der Waals surface area contributed by atoms with E-state index in [-0.39, 0.29) is 12.5 Å². The standard InChI is InChI=1S/C10H16N2O3S/c1-10(2)9(15)11-7(13)6-12(10)8(14)4-5-16-3/h4-6H2,1-3H3,(H,11,13,15). The molecule has 0 atom stereocenters. The maximum atomic E-state index is 11.8. The number of piperazine rings is 1. The van der Waals surface area contributed by atoms with Gasteiger partial charge < -0.3 is 4.90 Å². The summed E-state index contributed by atoms with van der Waals surface area (Å²) in [4.78, 5) is 36.0. The van der Waals surface area contributed by atoms with Crippen LogP contribution in [-0.4, -0.2) is 46.7 Å². The van der Waals surface area contributed by atoms with Gasteiger partial charge in [0.05, 0.1) is 0 Å². The van der Waals surface area contributed by atoms with Gasteiger partial charge in [-0.15, -0.1) is 0 Å². The number of nitrogens with zero attached hydrogens (tertiary/aromatic N) is 1. The third-order valence-electron chi connectivity index (χ3n) is 2.61. The highest BCUT2D eigenvalue weighted by molar-refractivity contribution is 7.98. The van der Waals surface area contributed by atoms with Crippen LogP contribution in [0.5, 0.6) is 0 Å². The summed E-state index contributed by atoms with van der Waals surface area (Å²) in [7, 11) is 0. The van der Waals surface area contributed by atoms with Gasteiger partial charge in [0.2, 0.25) is 11.8 Å². The largest absolute Gasteiger partial charge is 0.319 e. The minimum atomic E-state index is -0.941. The quantitative estimate of drug-likeness (QED) is 0.710. The van der Waals surface area contributed by atoms with Gasteiger partial charge in [-0.25, -0.2) is 0 Å². The lowest BCUT2D eigenvalue weighted by molar-refractivity contribution is -0.155. The Balaban J connectivity index is 2.79. The van der Waals surface area contributed by atoms with Crippen LogP contribution in [-0.2, 0) is 14.4 Å². The first-order valence-corrected chi connectivity index (χ1v) is 6.42. The first-order chi connectivity index (χ1) is 7.39. The molecule has 0 aliphatic carbocycles. The van der Waals surface area contributed by atoms with E-state index in [1.54, 1.807) is 25.6 Å². The molecule has 1 aliphatic rings. The first kappa shape index (κ1) is 13.0. The summed E-state index contributed by atoms with van der Waals surface area (Å²) in [6.45, 7) is 3.25. The number of rotatable bonds is 3. The second-order valence-electron chi connectivity index (χ2n) is 4.16. The Bertz CT molecular complexity index is 328. The normalized spacial score (nSPS) is 19.6. The Morgan fingerprint density at radius 2 is 2.12 bits per heavy atom. The molecule has 90 valence electrons. The third-order valence-corrected chi connectivity index (χ3v) is 3.22. The molecule has 0 radical (unpaired) electrons. The summed E-state index contributed by atoms with van der Waals surface area (Å²) in [6, 6.07) is 0. The molecule has 0 aromatic heterocycles. The maximum absolute atomic E-state index is 11.8. The fourth-order valence-electron chi connectivity index (χ4n) is 1.51. The highest BCUT2D eigenvalue weighted by Crippen LogP contribution is 2.19. The minimum Gasteiger partial charge on any atom is -0.319 e. The molecule has 1 saturated heterocycles. The molecule has 5 nitrogen and oxygen atoms in total. The highest BCUT2D eigenvalue weighted by Gasteiger charge is 2.42. The molecule has 1 aliphatic heterocycles. The Kier molecular flexibility index (Phi) is 3.96. The number of carbonyl (C=O) groups is 3. The number of carbonyl (C=O) groups excluding carboxylic acids is 3. The minimum absolute atomic E-state index is 0.0358. The SMILES string of the molecule is CSCCC(=O)N1CC(=O)NC(=O)C1(C)C. The van der Waals surface area contributed by atoms with Gasteiger partial charge >= 0.3 is 0 Å². The van der Waals surface area contributed by atoms with Crippen molar-refractivity contribution < 1.29 is 14.4 Å². The summed E-state index contributed by atoms with van der Waals surface area (Å²) in [5.41, 5.74) is -0.941. The molecule has 16 heavy (non-hydrogen) atoms. The monoisotopic (exact) mass is 244 g/mol. The fourth-order valence-corrected chi connectivity index (χ4v) is 1.89. The zero-order chi connectivity index (χ0) is 12.3. The van der Waals surface area contributed by atoms with Crippen LogP contribution in [0.15, 0.2) is 0 Å². The van der Waals surface area contributed by atoms with Crippen molar-refractivity contribution in [2.45, 2.75) is 25.8 Å². The van der Waals surface area contributed by atoms with E-state index in [0.29, 0.717) is 12.2 Å². The van der Waals surface area contributed by atoms with Crippen LogP contribution < -0.4 is 5.32 Å². The van der Waals surface area contributed by atoms with Gasteiger partial charge in [0.25, 0.3) is 5.91 Å². The van der Waals surface area contributed by atoms with E-state index < -0.39 is 17.4 Å². The van der Waals surface area contributed by atoms with Crippen LogP contribution in [0.4, 0.5) is 0 Å². The van der Waals surface area contributed by atoms with Gasteiger partial charge in [0.15, 0.2) is 0 Å². The molecular formula is C10H16N2O3S. The van der Waals surface area contributed by atoms with E-state index in [0.717, 1.165) is 0 Å². The van der Waals surface area contributed by atoms with Crippen LogP contribution in [0.3, 0.4) is 0 Å². The lowest BCUT2D eigenvalue weighted by Crippen LogP contribution is -2.65. The van der Waals surface area contributed by atoms with Crippen molar-refractivity contribution in [1.82, 2.24) is 10.2 Å². The number of nitrogens with one attached hydrogen (secondary N) is 1. The summed E-state index contributed by atoms with van der Waals surface area (Å²) in [5.74, 6) is -0.285. The molecule has 0 bridgehead atoms. The van der Waals surface area contributed by atoms with Crippen molar-refractivity contribution in [2.75, 3.05) is 18.6 Å². The highest BCUT2D eigenvalue weighted by atomic mass is 32.2. The van der Waals surface area contributed by atoms with Crippen molar-refractivity contribution in [3.8, 4) is 0 Å². The number of amides is 3. The molecule has 3 amide bonds. The predicted molar refractivity (Wildman–Crippen MR) is 61.9 cm³/mol. The van der Waals surface area contributed by atoms with E-state index in [9.17, 15) is 14.4 Å². The topological polar surface area (TPSA) is 66.5 Å². The molecule has 0 saturated carbocycles. The maximum Gasteiger partial charge on any atom is 0.252 e. The van der Waals surface area contributed by atoms with Crippen LogP contribution in [0.1, 0.15) is 20.3 Å². The van der Waals surface area contributed by atoms with Crippen molar-refractivity contribution >= 4 is 29.5 Å². The van der Waals surface area contributed by atoms with Crippen LogP contribution in [0.25, 0.3) is 0 Å². The molecule has 0 aromatic rings. The summed E-state index contributed by atoms with van der Waals surface area (Å²) < 4.78 is 0. The molecule has 6 heteroatoms. The van der Waals surface area contributed by atoms with Gasteiger partial charge in [0, 0.05) is 12.2 Å². The molecule has 0 unspecified atom stereocenters. The van der Waals surface area contributed by atoms with Gasteiger partial charge in [0.1, 0.15) is 12.1 Å². The van der Waals surface area contributed by atoms with E-state index in [4.69, 9.17) is 0 Å². The van der Waals surface area contributed by atoms with E-state index in [1.807, 2.05) is 6.26 Å².